The second-order valence-corrected chi connectivity index (χ2v) is 6.01. The highest BCUT2D eigenvalue weighted by atomic mass is 32.2. The van der Waals surface area contributed by atoms with Crippen molar-refractivity contribution in [1.82, 2.24) is 9.29 Å². The number of nitrogens with zero attached hydrogens (tertiary/aromatic N) is 2. The average molecular weight is 287 g/mol. The molecule has 7 heteroatoms. The molecule has 0 spiro atoms. The lowest BCUT2D eigenvalue weighted by Gasteiger charge is -2.28. The van der Waals surface area contributed by atoms with Crippen LogP contribution in [0.1, 0.15) is 26.7 Å². The maximum Gasteiger partial charge on any atom is 0.262 e. The van der Waals surface area contributed by atoms with Crippen molar-refractivity contribution in [3.05, 3.63) is 18.3 Å². The van der Waals surface area contributed by atoms with E-state index in [0.29, 0.717) is 12.8 Å². The molecule has 0 fully saturated rings. The minimum atomic E-state index is -3.78. The molecule has 0 atom stereocenters. The molecule has 0 unspecified atom stereocenters. The number of nitrogen functional groups attached to an aromatic ring is 1. The number of aliphatic hydroxyl groups is 1. The number of pyridine rings is 1. The Morgan fingerprint density at radius 3 is 2.53 bits per heavy atom. The van der Waals surface area contributed by atoms with Crippen LogP contribution in [0, 0.1) is 0 Å². The first-order valence-corrected chi connectivity index (χ1v) is 7.76. The van der Waals surface area contributed by atoms with E-state index in [4.69, 9.17) is 10.8 Å². The first kappa shape index (κ1) is 15.9. The highest BCUT2D eigenvalue weighted by Crippen LogP contribution is 2.23. The van der Waals surface area contributed by atoms with Gasteiger partial charge in [0.1, 0.15) is 0 Å². The van der Waals surface area contributed by atoms with Gasteiger partial charge in [0.2, 0.25) is 0 Å². The smallest absolute Gasteiger partial charge is 0.262 e. The third-order valence-electron chi connectivity index (χ3n) is 3.02. The second kappa shape index (κ2) is 6.83. The van der Waals surface area contributed by atoms with Gasteiger partial charge in [0, 0.05) is 18.8 Å². The second-order valence-electron chi connectivity index (χ2n) is 4.21. The number of hydrogen-bond acceptors (Lipinski definition) is 5. The van der Waals surface area contributed by atoms with Gasteiger partial charge in [0.15, 0.2) is 5.03 Å². The molecule has 0 amide bonds. The van der Waals surface area contributed by atoms with Crippen molar-refractivity contribution in [2.45, 2.75) is 37.8 Å². The maximum atomic E-state index is 12.6. The van der Waals surface area contributed by atoms with Crippen LogP contribution in [0.4, 0.5) is 5.69 Å². The molecule has 1 heterocycles. The van der Waals surface area contributed by atoms with Gasteiger partial charge in [-0.05, 0) is 25.0 Å². The fourth-order valence-electron chi connectivity index (χ4n) is 2.02. The van der Waals surface area contributed by atoms with Crippen molar-refractivity contribution in [3.8, 4) is 0 Å². The van der Waals surface area contributed by atoms with Crippen LogP contribution in [0.15, 0.2) is 23.4 Å². The Labute approximate surface area is 114 Å². The normalized spacial score (nSPS) is 12.3. The van der Waals surface area contributed by atoms with Gasteiger partial charge in [0.25, 0.3) is 10.0 Å². The zero-order chi connectivity index (χ0) is 14.5. The van der Waals surface area contributed by atoms with E-state index < -0.39 is 10.0 Å². The Morgan fingerprint density at radius 1 is 1.42 bits per heavy atom. The van der Waals surface area contributed by atoms with Crippen LogP contribution in [0.5, 0.6) is 0 Å². The standard InChI is InChI=1S/C12H21N3O3S/c1-3-10(4-2)15(8-9-16)19(17,18)12-11(13)6-5-7-14-12/h5-7,10,16H,3-4,8-9,13H2,1-2H3. The largest absolute Gasteiger partial charge is 0.396 e. The topological polar surface area (TPSA) is 96.5 Å². The molecular weight excluding hydrogens is 266 g/mol. The van der Waals surface area contributed by atoms with Crippen molar-refractivity contribution in [2.24, 2.45) is 0 Å². The molecule has 0 aliphatic carbocycles. The van der Waals surface area contributed by atoms with Gasteiger partial charge in [-0.3, -0.25) is 0 Å². The summed E-state index contributed by atoms with van der Waals surface area (Å²) in [4.78, 5) is 3.87. The summed E-state index contributed by atoms with van der Waals surface area (Å²) in [5.41, 5.74) is 5.81. The predicted molar refractivity (Wildman–Crippen MR) is 74.0 cm³/mol. The summed E-state index contributed by atoms with van der Waals surface area (Å²) < 4.78 is 26.4. The summed E-state index contributed by atoms with van der Waals surface area (Å²) in [6.45, 7) is 3.64. The van der Waals surface area contributed by atoms with Gasteiger partial charge < -0.3 is 10.8 Å². The minimum absolute atomic E-state index is 0.0463. The van der Waals surface area contributed by atoms with Gasteiger partial charge in [0.05, 0.1) is 12.3 Å². The Balaban J connectivity index is 3.24. The van der Waals surface area contributed by atoms with Crippen LogP contribution < -0.4 is 5.73 Å². The molecule has 0 bridgehead atoms. The molecule has 0 saturated heterocycles. The van der Waals surface area contributed by atoms with Gasteiger partial charge >= 0.3 is 0 Å². The Hall–Kier alpha value is -1.18. The van der Waals surface area contributed by atoms with E-state index in [0.717, 1.165) is 0 Å². The third-order valence-corrected chi connectivity index (χ3v) is 4.95. The Kier molecular flexibility index (Phi) is 5.71. The monoisotopic (exact) mass is 287 g/mol. The van der Waals surface area contributed by atoms with Crippen molar-refractivity contribution < 1.29 is 13.5 Å². The van der Waals surface area contributed by atoms with E-state index in [2.05, 4.69) is 4.98 Å². The van der Waals surface area contributed by atoms with E-state index in [-0.39, 0.29) is 29.9 Å². The number of aromatic nitrogens is 1. The molecule has 1 aromatic heterocycles. The lowest BCUT2D eigenvalue weighted by atomic mass is 10.2. The van der Waals surface area contributed by atoms with Crippen LogP contribution in [0.2, 0.25) is 0 Å². The summed E-state index contributed by atoms with van der Waals surface area (Å²) in [6.07, 6.45) is 2.73. The Morgan fingerprint density at radius 2 is 2.05 bits per heavy atom. The molecule has 3 N–H and O–H groups in total. The first-order chi connectivity index (χ1) is 8.98. The number of anilines is 1. The molecule has 1 aromatic rings. The fourth-order valence-corrected chi connectivity index (χ4v) is 3.82. The van der Waals surface area contributed by atoms with E-state index >= 15 is 0 Å². The van der Waals surface area contributed by atoms with E-state index in [1.807, 2.05) is 13.8 Å². The van der Waals surface area contributed by atoms with E-state index in [1.165, 1.54) is 16.6 Å². The zero-order valence-electron chi connectivity index (χ0n) is 11.3. The predicted octanol–water partition coefficient (Wildman–Crippen LogP) is 0.835. The lowest BCUT2D eigenvalue weighted by molar-refractivity contribution is 0.219. The summed E-state index contributed by atoms with van der Waals surface area (Å²) in [5, 5.41) is 8.96. The fraction of sp³-hybridized carbons (Fsp3) is 0.583. The number of aliphatic hydroxyl groups excluding tert-OH is 1. The number of sulfonamides is 1. The van der Waals surface area contributed by atoms with Crippen LogP contribution in [-0.4, -0.2) is 42.0 Å². The molecule has 0 saturated carbocycles. The number of hydrogen-bond donors (Lipinski definition) is 2. The maximum absolute atomic E-state index is 12.6. The SMILES string of the molecule is CCC(CC)N(CCO)S(=O)(=O)c1ncccc1N. The van der Waals surface area contributed by atoms with Gasteiger partial charge in [-0.2, -0.15) is 4.31 Å². The molecule has 0 aliphatic heterocycles. The molecule has 0 aromatic carbocycles. The molecule has 0 radical (unpaired) electrons. The third kappa shape index (κ3) is 3.43. The van der Waals surface area contributed by atoms with Gasteiger partial charge in [-0.1, -0.05) is 13.8 Å². The Bertz CT molecular complexity index is 501. The summed E-state index contributed by atoms with van der Waals surface area (Å²) in [5.74, 6) is 0. The van der Waals surface area contributed by atoms with Crippen molar-refractivity contribution in [2.75, 3.05) is 18.9 Å². The highest BCUT2D eigenvalue weighted by Gasteiger charge is 2.31. The lowest BCUT2D eigenvalue weighted by Crippen LogP contribution is -2.42. The average Bonchev–Trinajstić information content (AvgIpc) is 2.39. The van der Waals surface area contributed by atoms with Gasteiger partial charge in [-0.25, -0.2) is 13.4 Å². The molecule has 0 aliphatic rings. The van der Waals surface area contributed by atoms with Crippen molar-refractivity contribution >= 4 is 15.7 Å². The molecule has 6 nitrogen and oxygen atoms in total. The molecule has 1 rings (SSSR count). The summed E-state index contributed by atoms with van der Waals surface area (Å²) in [7, 11) is -3.78. The summed E-state index contributed by atoms with van der Waals surface area (Å²) in [6, 6.07) is 2.92. The molecular formula is C12H21N3O3S. The number of rotatable bonds is 7. The molecule has 19 heavy (non-hydrogen) atoms. The van der Waals surface area contributed by atoms with Crippen LogP contribution in [-0.2, 0) is 10.0 Å². The van der Waals surface area contributed by atoms with E-state index in [1.54, 1.807) is 6.07 Å². The van der Waals surface area contributed by atoms with Crippen LogP contribution in [0.3, 0.4) is 0 Å². The summed E-state index contributed by atoms with van der Waals surface area (Å²) >= 11 is 0. The first-order valence-electron chi connectivity index (χ1n) is 6.32. The van der Waals surface area contributed by atoms with E-state index in [9.17, 15) is 8.42 Å². The van der Waals surface area contributed by atoms with Gasteiger partial charge in [-0.15, -0.1) is 0 Å². The van der Waals surface area contributed by atoms with Crippen molar-refractivity contribution in [3.63, 3.8) is 0 Å². The number of nitrogens with two attached hydrogens (primary N) is 1. The molecule has 108 valence electrons. The quantitative estimate of drug-likeness (QED) is 0.774. The minimum Gasteiger partial charge on any atom is -0.396 e. The van der Waals surface area contributed by atoms with Crippen molar-refractivity contribution in [1.29, 1.82) is 0 Å². The van der Waals surface area contributed by atoms with Crippen LogP contribution in [0.25, 0.3) is 0 Å². The highest BCUT2D eigenvalue weighted by molar-refractivity contribution is 7.89. The van der Waals surface area contributed by atoms with Crippen LogP contribution >= 0.6 is 0 Å². The zero-order valence-corrected chi connectivity index (χ0v) is 12.1.